The number of nitrogens with zero attached hydrogens (tertiary/aromatic N) is 2. The van der Waals surface area contributed by atoms with Crippen LogP contribution in [0.5, 0.6) is 0 Å². The number of piperidine rings is 1. The number of carbonyl (C=O) groups is 2. The smallest absolute Gasteiger partial charge is 0.228 e. The van der Waals surface area contributed by atoms with Crippen LogP contribution in [-0.4, -0.2) is 35.0 Å². The minimum atomic E-state index is -0.0411. The second-order valence-corrected chi connectivity index (χ2v) is 7.16. The molecule has 0 saturated carbocycles. The van der Waals surface area contributed by atoms with Gasteiger partial charge in [0.2, 0.25) is 11.8 Å². The van der Waals surface area contributed by atoms with Crippen LogP contribution in [0, 0.1) is 5.92 Å². The van der Waals surface area contributed by atoms with Gasteiger partial charge in [-0.25, -0.2) is 0 Å². The number of likely N-dealkylation sites (tertiary alicyclic amines) is 1. The number of hydrogen-bond donors (Lipinski definition) is 1. The summed E-state index contributed by atoms with van der Waals surface area (Å²) in [5, 5.41) is 7.92. The fourth-order valence-corrected chi connectivity index (χ4v) is 3.64. The predicted molar refractivity (Wildman–Crippen MR) is 105 cm³/mol. The SMILES string of the molecule is O=C(NCc1ccccc1)C1CCN(C(=O)Cc2noc3ccccc23)CC1. The maximum atomic E-state index is 12.6. The van der Waals surface area contributed by atoms with E-state index in [-0.39, 0.29) is 24.2 Å². The Kier molecular flexibility index (Phi) is 5.37. The number of hydrogen-bond acceptors (Lipinski definition) is 4. The Morgan fingerprint density at radius 1 is 1.04 bits per heavy atom. The Balaban J connectivity index is 1.27. The highest BCUT2D eigenvalue weighted by Crippen LogP contribution is 2.21. The summed E-state index contributed by atoms with van der Waals surface area (Å²) in [7, 11) is 0. The predicted octanol–water partition coefficient (Wildman–Crippen LogP) is 2.93. The molecule has 0 radical (unpaired) electrons. The van der Waals surface area contributed by atoms with E-state index in [0.717, 1.165) is 10.9 Å². The van der Waals surface area contributed by atoms with E-state index in [2.05, 4.69) is 10.5 Å². The van der Waals surface area contributed by atoms with Gasteiger partial charge in [0.15, 0.2) is 5.58 Å². The van der Waals surface area contributed by atoms with Gasteiger partial charge in [-0.05, 0) is 30.5 Å². The first-order valence-corrected chi connectivity index (χ1v) is 9.63. The zero-order valence-corrected chi connectivity index (χ0v) is 15.6. The Labute approximate surface area is 163 Å². The van der Waals surface area contributed by atoms with Crippen molar-refractivity contribution in [2.24, 2.45) is 5.92 Å². The third kappa shape index (κ3) is 4.06. The van der Waals surface area contributed by atoms with Crippen LogP contribution in [0.3, 0.4) is 0 Å². The van der Waals surface area contributed by atoms with Crippen LogP contribution in [0.2, 0.25) is 0 Å². The van der Waals surface area contributed by atoms with Gasteiger partial charge in [0.05, 0.1) is 6.42 Å². The summed E-state index contributed by atoms with van der Waals surface area (Å²) < 4.78 is 5.28. The Morgan fingerprint density at radius 2 is 1.75 bits per heavy atom. The molecule has 1 fully saturated rings. The lowest BCUT2D eigenvalue weighted by atomic mass is 9.95. The Morgan fingerprint density at radius 3 is 2.54 bits per heavy atom. The zero-order valence-electron chi connectivity index (χ0n) is 15.6. The number of fused-ring (bicyclic) bond motifs is 1. The standard InChI is InChI=1S/C22H23N3O3/c26-21(14-19-18-8-4-5-9-20(18)28-24-19)25-12-10-17(11-13-25)22(27)23-15-16-6-2-1-3-7-16/h1-9,17H,10-15H2,(H,23,27). The molecule has 1 aliphatic heterocycles. The van der Waals surface area contributed by atoms with E-state index in [1.165, 1.54) is 0 Å². The van der Waals surface area contributed by atoms with Gasteiger partial charge in [-0.3, -0.25) is 9.59 Å². The molecule has 1 aromatic heterocycles. The van der Waals surface area contributed by atoms with Crippen LogP contribution >= 0.6 is 0 Å². The fraction of sp³-hybridized carbons (Fsp3) is 0.318. The maximum Gasteiger partial charge on any atom is 0.228 e. The van der Waals surface area contributed by atoms with Gasteiger partial charge in [0.1, 0.15) is 5.69 Å². The van der Waals surface area contributed by atoms with Gasteiger partial charge in [0, 0.05) is 30.9 Å². The molecule has 0 atom stereocenters. The minimum Gasteiger partial charge on any atom is -0.356 e. The fourth-order valence-electron chi connectivity index (χ4n) is 3.64. The molecule has 1 saturated heterocycles. The number of nitrogens with one attached hydrogen (secondary N) is 1. The second-order valence-electron chi connectivity index (χ2n) is 7.16. The summed E-state index contributed by atoms with van der Waals surface area (Å²) in [5.74, 6) is 0.0567. The highest BCUT2D eigenvalue weighted by Gasteiger charge is 2.27. The van der Waals surface area contributed by atoms with Gasteiger partial charge < -0.3 is 14.7 Å². The van der Waals surface area contributed by atoms with Crippen molar-refractivity contribution >= 4 is 22.8 Å². The topological polar surface area (TPSA) is 75.4 Å². The van der Waals surface area contributed by atoms with E-state index in [1.54, 1.807) is 0 Å². The quantitative estimate of drug-likeness (QED) is 0.742. The summed E-state index contributed by atoms with van der Waals surface area (Å²) in [5.41, 5.74) is 2.45. The molecule has 2 heterocycles. The van der Waals surface area contributed by atoms with Crippen LogP contribution in [0.25, 0.3) is 11.0 Å². The molecule has 6 nitrogen and oxygen atoms in total. The maximum absolute atomic E-state index is 12.6. The lowest BCUT2D eigenvalue weighted by Gasteiger charge is -2.31. The average molecular weight is 377 g/mol. The first kappa shape index (κ1) is 18.2. The van der Waals surface area contributed by atoms with Crippen LogP contribution in [0.4, 0.5) is 0 Å². The average Bonchev–Trinajstić information content (AvgIpc) is 3.16. The lowest BCUT2D eigenvalue weighted by molar-refractivity contribution is -0.135. The summed E-state index contributed by atoms with van der Waals surface area (Å²) >= 11 is 0. The highest BCUT2D eigenvalue weighted by molar-refractivity contribution is 5.86. The largest absolute Gasteiger partial charge is 0.356 e. The van der Waals surface area contributed by atoms with E-state index in [0.29, 0.717) is 43.8 Å². The molecule has 6 heteroatoms. The lowest BCUT2D eigenvalue weighted by Crippen LogP contribution is -2.43. The molecule has 144 valence electrons. The Bertz CT molecular complexity index is 959. The third-order valence-corrected chi connectivity index (χ3v) is 5.30. The van der Waals surface area contributed by atoms with Crippen molar-refractivity contribution in [3.8, 4) is 0 Å². The highest BCUT2D eigenvalue weighted by atomic mass is 16.5. The van der Waals surface area contributed by atoms with E-state index in [4.69, 9.17) is 4.52 Å². The van der Waals surface area contributed by atoms with Crippen molar-refractivity contribution in [1.82, 2.24) is 15.4 Å². The van der Waals surface area contributed by atoms with E-state index >= 15 is 0 Å². The van der Waals surface area contributed by atoms with E-state index in [1.807, 2.05) is 59.5 Å². The van der Waals surface area contributed by atoms with Crippen molar-refractivity contribution < 1.29 is 14.1 Å². The van der Waals surface area contributed by atoms with Crippen LogP contribution < -0.4 is 5.32 Å². The van der Waals surface area contributed by atoms with Gasteiger partial charge >= 0.3 is 0 Å². The molecule has 1 N–H and O–H groups in total. The summed E-state index contributed by atoms with van der Waals surface area (Å²) in [6.45, 7) is 1.73. The molecule has 3 aromatic rings. The summed E-state index contributed by atoms with van der Waals surface area (Å²) in [4.78, 5) is 26.9. The number of rotatable bonds is 5. The molecular formula is C22H23N3O3. The normalized spacial score (nSPS) is 14.9. The van der Waals surface area contributed by atoms with E-state index < -0.39 is 0 Å². The molecule has 1 aliphatic rings. The molecule has 4 rings (SSSR count). The first-order chi connectivity index (χ1) is 13.7. The van der Waals surface area contributed by atoms with Gasteiger partial charge in [0.25, 0.3) is 0 Å². The molecule has 28 heavy (non-hydrogen) atoms. The first-order valence-electron chi connectivity index (χ1n) is 9.63. The van der Waals surface area contributed by atoms with Gasteiger partial charge in [-0.2, -0.15) is 0 Å². The van der Waals surface area contributed by atoms with Crippen LogP contribution in [0.15, 0.2) is 59.1 Å². The third-order valence-electron chi connectivity index (χ3n) is 5.30. The van der Waals surface area contributed by atoms with Crippen molar-refractivity contribution in [1.29, 1.82) is 0 Å². The van der Waals surface area contributed by atoms with Crippen LogP contribution in [0.1, 0.15) is 24.1 Å². The van der Waals surface area contributed by atoms with Gasteiger partial charge in [-0.15, -0.1) is 0 Å². The zero-order chi connectivity index (χ0) is 19.3. The number of para-hydroxylation sites is 1. The molecule has 0 unspecified atom stereocenters. The number of amides is 2. The van der Waals surface area contributed by atoms with Crippen molar-refractivity contribution in [2.45, 2.75) is 25.8 Å². The van der Waals surface area contributed by atoms with Gasteiger partial charge in [-0.1, -0.05) is 47.6 Å². The summed E-state index contributed by atoms with van der Waals surface area (Å²) in [6, 6.07) is 17.4. The molecule has 0 bridgehead atoms. The van der Waals surface area contributed by atoms with Crippen molar-refractivity contribution in [2.75, 3.05) is 13.1 Å². The monoisotopic (exact) mass is 377 g/mol. The molecule has 0 spiro atoms. The number of aromatic nitrogens is 1. The number of carbonyl (C=O) groups excluding carboxylic acids is 2. The summed E-state index contributed by atoms with van der Waals surface area (Å²) in [6.07, 6.45) is 1.60. The number of benzene rings is 2. The van der Waals surface area contributed by atoms with Crippen molar-refractivity contribution in [3.05, 3.63) is 65.9 Å². The molecule has 2 aromatic carbocycles. The molecule has 2 amide bonds. The van der Waals surface area contributed by atoms with E-state index in [9.17, 15) is 9.59 Å². The second kappa shape index (κ2) is 8.25. The van der Waals surface area contributed by atoms with Crippen molar-refractivity contribution in [3.63, 3.8) is 0 Å². The van der Waals surface area contributed by atoms with Crippen LogP contribution in [-0.2, 0) is 22.6 Å². The molecular weight excluding hydrogens is 354 g/mol. The minimum absolute atomic E-state index is 0.0298. The Hall–Kier alpha value is -3.15. The molecule has 0 aliphatic carbocycles.